The number of hydrogen-bond acceptors (Lipinski definition) is 6. The molecule has 0 aliphatic carbocycles. The maximum Gasteiger partial charge on any atom is 0.365 e. The van der Waals surface area contributed by atoms with Crippen LogP contribution in [0, 0.1) is 0 Å². The number of carbonyl (C=O) groups excluding carboxylic acids is 2. The third kappa shape index (κ3) is 6.21. The predicted molar refractivity (Wildman–Crippen MR) is 62.3 cm³/mol. The number of esters is 2. The molecule has 16 heavy (non-hydrogen) atoms. The number of ether oxygens (including phenoxy) is 2. The Morgan fingerprint density at radius 2 is 1.31 bits per heavy atom. The van der Waals surface area contributed by atoms with Gasteiger partial charge in [-0.1, -0.05) is 21.6 Å². The van der Waals surface area contributed by atoms with Crippen molar-refractivity contribution in [3.05, 3.63) is 0 Å². The van der Waals surface area contributed by atoms with Crippen molar-refractivity contribution in [2.45, 2.75) is 12.1 Å². The van der Waals surface area contributed by atoms with Crippen LogP contribution in [0.5, 0.6) is 0 Å². The standard InChI is InChI=1S/C8H16N2O4S2/c1-13-7(11)5(9)3-15-16-4-6(10)8(12)14-2/h5-6H,3-4,9-10H2,1-2H3/p+2/t5-,6-/m0/s1. The first-order valence-electron chi connectivity index (χ1n) is 4.59. The number of quaternary nitrogens is 2. The molecule has 0 heterocycles. The summed E-state index contributed by atoms with van der Waals surface area (Å²) in [6.07, 6.45) is 0. The minimum Gasteiger partial charge on any atom is -0.465 e. The summed E-state index contributed by atoms with van der Waals surface area (Å²) in [6.45, 7) is 0. The quantitative estimate of drug-likeness (QED) is 0.313. The molecular formula is C8H18N2O4S2+2. The van der Waals surface area contributed by atoms with E-state index in [4.69, 9.17) is 0 Å². The summed E-state index contributed by atoms with van der Waals surface area (Å²) in [5, 5.41) is 0. The van der Waals surface area contributed by atoms with E-state index in [1.54, 1.807) is 0 Å². The molecule has 0 aromatic rings. The second kappa shape index (κ2) is 8.68. The van der Waals surface area contributed by atoms with Crippen LogP contribution < -0.4 is 11.5 Å². The lowest BCUT2D eigenvalue weighted by atomic mass is 10.4. The van der Waals surface area contributed by atoms with Crippen molar-refractivity contribution in [2.75, 3.05) is 25.7 Å². The highest BCUT2D eigenvalue weighted by atomic mass is 33.1. The van der Waals surface area contributed by atoms with Gasteiger partial charge in [0, 0.05) is 0 Å². The summed E-state index contributed by atoms with van der Waals surface area (Å²) in [5.74, 6) is 0.440. The second-order valence-corrected chi connectivity index (χ2v) is 5.56. The number of methoxy groups -OCH3 is 2. The summed E-state index contributed by atoms with van der Waals surface area (Å²) in [7, 11) is 5.60. The number of rotatable bonds is 7. The largest absolute Gasteiger partial charge is 0.465 e. The molecule has 0 saturated carbocycles. The van der Waals surface area contributed by atoms with Crippen molar-refractivity contribution < 1.29 is 30.5 Å². The van der Waals surface area contributed by atoms with Gasteiger partial charge >= 0.3 is 11.9 Å². The van der Waals surface area contributed by atoms with E-state index in [0.29, 0.717) is 11.5 Å². The van der Waals surface area contributed by atoms with Crippen LogP contribution in [0.1, 0.15) is 0 Å². The van der Waals surface area contributed by atoms with E-state index >= 15 is 0 Å². The van der Waals surface area contributed by atoms with Crippen molar-refractivity contribution >= 4 is 33.5 Å². The minimum absolute atomic E-state index is 0.327. The topological polar surface area (TPSA) is 108 Å². The van der Waals surface area contributed by atoms with Crippen molar-refractivity contribution in [3.8, 4) is 0 Å². The van der Waals surface area contributed by atoms with E-state index in [1.807, 2.05) is 0 Å². The normalized spacial score (nSPS) is 14.0. The molecule has 0 aromatic carbocycles. The van der Waals surface area contributed by atoms with Gasteiger partial charge in [-0.05, 0) is 0 Å². The second-order valence-electron chi connectivity index (χ2n) is 3.01. The van der Waals surface area contributed by atoms with Crippen LogP contribution in [0.2, 0.25) is 0 Å². The van der Waals surface area contributed by atoms with Gasteiger partial charge in [0.1, 0.15) is 0 Å². The zero-order valence-corrected chi connectivity index (χ0v) is 11.1. The molecule has 0 unspecified atom stereocenters. The van der Waals surface area contributed by atoms with Gasteiger partial charge in [0.15, 0.2) is 12.1 Å². The van der Waals surface area contributed by atoms with Crippen molar-refractivity contribution in [1.82, 2.24) is 0 Å². The SMILES string of the molecule is COC(=O)[C@@H]([NH3+])CSSC[C@H]([NH3+])C(=O)OC. The lowest BCUT2D eigenvalue weighted by Crippen LogP contribution is -2.67. The number of hydrogen-bond donors (Lipinski definition) is 2. The van der Waals surface area contributed by atoms with Crippen LogP contribution in [0.4, 0.5) is 0 Å². The third-order valence-electron chi connectivity index (χ3n) is 1.69. The van der Waals surface area contributed by atoms with E-state index < -0.39 is 0 Å². The van der Waals surface area contributed by atoms with Gasteiger partial charge in [0.2, 0.25) is 0 Å². The lowest BCUT2D eigenvalue weighted by Gasteiger charge is -2.07. The summed E-state index contributed by atoms with van der Waals surface area (Å²) in [6, 6.07) is -0.771. The summed E-state index contributed by atoms with van der Waals surface area (Å²) in [5.41, 5.74) is 7.32. The molecule has 6 nitrogen and oxygen atoms in total. The molecule has 0 saturated heterocycles. The van der Waals surface area contributed by atoms with Crippen LogP contribution in [0.15, 0.2) is 0 Å². The van der Waals surface area contributed by atoms with E-state index in [-0.39, 0.29) is 24.0 Å². The fourth-order valence-electron chi connectivity index (χ4n) is 0.730. The van der Waals surface area contributed by atoms with Gasteiger partial charge in [0.25, 0.3) is 0 Å². The van der Waals surface area contributed by atoms with Gasteiger partial charge in [0.05, 0.1) is 25.7 Å². The molecule has 94 valence electrons. The lowest BCUT2D eigenvalue weighted by molar-refractivity contribution is -0.401. The molecule has 0 aliphatic heterocycles. The maximum absolute atomic E-state index is 11.0. The Kier molecular flexibility index (Phi) is 8.44. The molecule has 0 fully saturated rings. The summed E-state index contributed by atoms with van der Waals surface area (Å²) >= 11 is 0. The fraction of sp³-hybridized carbons (Fsp3) is 0.750. The van der Waals surface area contributed by atoms with Crippen molar-refractivity contribution in [2.24, 2.45) is 0 Å². The zero-order chi connectivity index (χ0) is 12.6. The summed E-state index contributed by atoms with van der Waals surface area (Å²) in [4.78, 5) is 22.0. The summed E-state index contributed by atoms with van der Waals surface area (Å²) < 4.78 is 9.07. The van der Waals surface area contributed by atoms with E-state index in [0.717, 1.165) is 0 Å². The highest BCUT2D eigenvalue weighted by Gasteiger charge is 2.20. The Hall–Kier alpha value is -0.440. The van der Waals surface area contributed by atoms with E-state index in [9.17, 15) is 9.59 Å². The van der Waals surface area contributed by atoms with E-state index in [1.165, 1.54) is 35.8 Å². The highest BCUT2D eigenvalue weighted by Crippen LogP contribution is 2.21. The zero-order valence-electron chi connectivity index (χ0n) is 9.43. The molecule has 0 amide bonds. The van der Waals surface area contributed by atoms with Crippen LogP contribution in [0.3, 0.4) is 0 Å². The van der Waals surface area contributed by atoms with Gasteiger partial charge in [-0.15, -0.1) is 0 Å². The molecule has 0 radical (unpaired) electrons. The van der Waals surface area contributed by atoms with Gasteiger partial charge < -0.3 is 20.9 Å². The molecule has 0 aliphatic rings. The van der Waals surface area contributed by atoms with Crippen LogP contribution >= 0.6 is 21.6 Å². The first kappa shape index (κ1) is 15.6. The van der Waals surface area contributed by atoms with Gasteiger partial charge in [-0.25, -0.2) is 9.59 Å². The molecule has 6 N–H and O–H groups in total. The van der Waals surface area contributed by atoms with Crippen molar-refractivity contribution in [3.63, 3.8) is 0 Å². The molecular weight excluding hydrogens is 252 g/mol. The average molecular weight is 270 g/mol. The number of carbonyl (C=O) groups is 2. The average Bonchev–Trinajstić information content (AvgIpc) is 2.31. The molecule has 0 aromatic heterocycles. The van der Waals surface area contributed by atoms with Gasteiger partial charge in [-0.3, -0.25) is 0 Å². The van der Waals surface area contributed by atoms with Crippen LogP contribution in [-0.4, -0.2) is 49.7 Å². The minimum atomic E-state index is -0.385. The molecule has 0 bridgehead atoms. The fourth-order valence-corrected chi connectivity index (χ4v) is 3.09. The first-order chi connectivity index (χ1) is 7.52. The van der Waals surface area contributed by atoms with E-state index in [2.05, 4.69) is 20.9 Å². The Bertz CT molecular complexity index is 216. The monoisotopic (exact) mass is 270 g/mol. The first-order valence-corrected chi connectivity index (χ1v) is 7.08. The predicted octanol–water partition coefficient (Wildman–Crippen LogP) is -2.07. The molecule has 0 rings (SSSR count). The molecule has 2 atom stereocenters. The third-order valence-corrected chi connectivity index (χ3v) is 4.25. The molecule has 0 spiro atoms. The smallest absolute Gasteiger partial charge is 0.365 e. The highest BCUT2D eigenvalue weighted by molar-refractivity contribution is 8.76. The van der Waals surface area contributed by atoms with Gasteiger partial charge in [-0.2, -0.15) is 0 Å². The Morgan fingerprint density at radius 3 is 1.56 bits per heavy atom. The Balaban J connectivity index is 3.60. The van der Waals surface area contributed by atoms with Crippen LogP contribution in [-0.2, 0) is 19.1 Å². The van der Waals surface area contributed by atoms with Crippen molar-refractivity contribution in [1.29, 1.82) is 0 Å². The Morgan fingerprint density at radius 1 is 1.00 bits per heavy atom. The van der Waals surface area contributed by atoms with Crippen LogP contribution in [0.25, 0.3) is 0 Å². The Labute approximate surface area is 102 Å². The molecule has 8 heteroatoms. The maximum atomic E-state index is 11.0.